The Morgan fingerprint density at radius 3 is 0.763 bits per heavy atom. The van der Waals surface area contributed by atoms with Crippen LogP contribution in [-0.2, 0) is 66.3 Å². The summed E-state index contributed by atoms with van der Waals surface area (Å²) in [5.41, 5.74) is 0. The Labute approximate surface area is 431 Å². The molecule has 0 spiro atoms. The number of ether oxygens (including phenoxy) is 14. The first-order valence-corrected chi connectivity index (χ1v) is 24.8. The van der Waals surface area contributed by atoms with Crippen LogP contribution in [0.15, 0.2) is 0 Å². The maximum atomic E-state index is 11.6. The van der Waals surface area contributed by atoms with Gasteiger partial charge in [0.2, 0.25) is 0 Å². The van der Waals surface area contributed by atoms with Crippen LogP contribution in [0.2, 0.25) is 0 Å². The molecular formula is C43H72O33. The number of aliphatic hydroxyl groups is 19. The van der Waals surface area contributed by atoms with Crippen molar-refractivity contribution in [1.29, 1.82) is 0 Å². The second-order valence-corrected chi connectivity index (χ2v) is 19.9. The lowest BCUT2D eigenvalue weighted by atomic mass is 9.91. The Hall–Kier alpha value is -1.32. The molecule has 0 aromatic carbocycles. The summed E-state index contributed by atoms with van der Waals surface area (Å²) in [6, 6.07) is 0. The summed E-state index contributed by atoms with van der Waals surface area (Å²) in [4.78, 5) is 0. The summed E-state index contributed by atoms with van der Waals surface area (Å²) in [6.45, 7) is -5.26. The second kappa shape index (κ2) is 25.9. The third kappa shape index (κ3) is 12.0. The molecule has 33 nitrogen and oxygen atoms in total. The molecule has 21 aliphatic rings. The predicted molar refractivity (Wildman–Crippen MR) is 230 cm³/mol. The van der Waals surface area contributed by atoms with E-state index in [-0.39, 0.29) is 0 Å². The molecule has 21 rings (SSSR count). The number of hydrogen-bond acceptors (Lipinski definition) is 33. The van der Waals surface area contributed by atoms with Gasteiger partial charge in [-0.05, 0) is 0 Å². The number of rotatable bonds is 7. The molecule has 21 aliphatic heterocycles. The van der Waals surface area contributed by atoms with E-state index in [1.807, 2.05) is 0 Å². The SMILES string of the molecule is C[C@H]1C(O)[C@@H]2O[C@H]3OC(CO)[C@@H](O[C@H]4OC(CO)[C@H](C[C@@H]4O)O[C@H]4OC(CO)[C@@H](O[C@H]5OC(CO)[C@@H](O[C@H]6OC(CO)[C@@H](O[C@H]7OC(CO)[C@@H](O[C@H]1OC2CO)[C@H](O)C7O)[C@H](O)C6O)[C@H](O)C5O)[C@H](O)C4O)C(O)[C@@H]3O. The van der Waals surface area contributed by atoms with Crippen LogP contribution in [0, 0.1) is 5.92 Å². The van der Waals surface area contributed by atoms with Gasteiger partial charge in [0.1, 0.15) is 146 Å². The van der Waals surface area contributed by atoms with Crippen molar-refractivity contribution >= 4 is 0 Å². The maximum Gasteiger partial charge on any atom is 0.187 e. The molecule has 0 aromatic heterocycles. The van der Waals surface area contributed by atoms with Crippen molar-refractivity contribution in [2.24, 2.45) is 5.92 Å². The van der Waals surface area contributed by atoms with Crippen molar-refractivity contribution in [3.05, 3.63) is 0 Å². The highest BCUT2D eigenvalue weighted by atomic mass is 16.8. The van der Waals surface area contributed by atoms with E-state index in [1.54, 1.807) is 0 Å². The summed E-state index contributed by atoms with van der Waals surface area (Å²) in [7, 11) is 0. The largest absolute Gasteiger partial charge is 0.394 e. The summed E-state index contributed by atoms with van der Waals surface area (Å²) in [5, 5.41) is 209. The fraction of sp³-hybridized carbons (Fsp3) is 1.00. The van der Waals surface area contributed by atoms with E-state index in [4.69, 9.17) is 66.3 Å². The fourth-order valence-electron chi connectivity index (χ4n) is 10.6. The molecule has 13 unspecified atom stereocenters. The van der Waals surface area contributed by atoms with Crippen molar-refractivity contribution < 1.29 is 163 Å². The van der Waals surface area contributed by atoms with E-state index in [2.05, 4.69) is 0 Å². The number of hydrogen-bond donors (Lipinski definition) is 19. The Bertz CT molecular complexity index is 1780. The Balaban J connectivity index is 1.07. The molecule has 0 aromatic rings. The fourth-order valence-corrected chi connectivity index (χ4v) is 10.6. The van der Waals surface area contributed by atoms with Gasteiger partial charge in [0, 0.05) is 12.3 Å². The molecule has 19 N–H and O–H groups in total. The van der Waals surface area contributed by atoms with Gasteiger partial charge in [-0.3, -0.25) is 0 Å². The first kappa shape index (κ1) is 60.8. The molecule has 21 fully saturated rings. The molecule has 14 bridgehead atoms. The maximum absolute atomic E-state index is 11.6. The van der Waals surface area contributed by atoms with Crippen molar-refractivity contribution in [2.45, 2.75) is 216 Å². The van der Waals surface area contributed by atoms with Crippen molar-refractivity contribution in [3.8, 4) is 0 Å². The standard InChI is InChI=1S/C43H72O33/c1-10-20(52)31-14(4-45)65-37(10)71-32-15(5-46)67-41(27(59)22(32)54)75-35-18(8-49)70-43(30(62)25(35)57)76-36-19(9-50)69-42(29(61)24(36)56)74-34-17(7-48)66-39(26(58)21(34)53)63-12-2-11(51)38(64-13(12)3-44)72-33-16(6-47)68-40(73-31)28(60)23(33)55/h10-62H,2-9H2,1H3/t10-,11-,12-,13?,14?,15?,16?,17?,18?,19?,20?,21+,22+,23?,24+,25+,26?,27?,28-,29?,30?,31+,32+,33+,34+,35+,36+,37+,38+,39-,40+,41+,42+,43+/m0/s1. The van der Waals surface area contributed by atoms with Gasteiger partial charge in [0.25, 0.3) is 0 Å². The molecule has 0 aliphatic carbocycles. The van der Waals surface area contributed by atoms with E-state index in [0.29, 0.717) is 0 Å². The van der Waals surface area contributed by atoms with Gasteiger partial charge in [-0.1, -0.05) is 6.92 Å². The monoisotopic (exact) mass is 1120 g/mol. The molecule has 34 atom stereocenters. The third-order valence-electron chi connectivity index (χ3n) is 15.0. The summed E-state index contributed by atoms with van der Waals surface area (Å²) >= 11 is 0. The van der Waals surface area contributed by atoms with Crippen LogP contribution in [0.3, 0.4) is 0 Å². The van der Waals surface area contributed by atoms with E-state index < -0.39 is 261 Å². The van der Waals surface area contributed by atoms with E-state index >= 15 is 0 Å². The van der Waals surface area contributed by atoms with Gasteiger partial charge < -0.3 is 163 Å². The molecule has 0 saturated carbocycles. The highest BCUT2D eigenvalue weighted by Gasteiger charge is 2.58. The quantitative estimate of drug-likeness (QED) is 0.113. The van der Waals surface area contributed by atoms with Crippen molar-refractivity contribution in [2.75, 3.05) is 46.2 Å². The zero-order valence-corrected chi connectivity index (χ0v) is 40.5. The Morgan fingerprint density at radius 2 is 0.474 bits per heavy atom. The van der Waals surface area contributed by atoms with E-state index in [1.165, 1.54) is 6.92 Å². The van der Waals surface area contributed by atoms with E-state index in [0.717, 1.165) is 0 Å². The van der Waals surface area contributed by atoms with Crippen LogP contribution < -0.4 is 0 Å². The van der Waals surface area contributed by atoms with Gasteiger partial charge in [-0.25, -0.2) is 0 Å². The highest BCUT2D eigenvalue weighted by Crippen LogP contribution is 2.39. The Morgan fingerprint density at radius 1 is 0.250 bits per heavy atom. The zero-order valence-electron chi connectivity index (χ0n) is 40.5. The normalized spacial score (nSPS) is 54.9. The minimum atomic E-state index is -2.16. The lowest BCUT2D eigenvalue weighted by Crippen LogP contribution is -2.68. The predicted octanol–water partition coefficient (Wildman–Crippen LogP) is -12.9. The molecule has 33 heteroatoms. The first-order chi connectivity index (χ1) is 36.2. The molecule has 442 valence electrons. The van der Waals surface area contributed by atoms with Crippen LogP contribution >= 0.6 is 0 Å². The van der Waals surface area contributed by atoms with Crippen LogP contribution in [0.5, 0.6) is 0 Å². The topological polar surface area (TPSA) is 514 Å². The van der Waals surface area contributed by atoms with Gasteiger partial charge in [0.15, 0.2) is 44.0 Å². The van der Waals surface area contributed by atoms with Gasteiger partial charge >= 0.3 is 0 Å². The summed E-state index contributed by atoms with van der Waals surface area (Å²) < 4.78 is 81.0. The van der Waals surface area contributed by atoms with Crippen molar-refractivity contribution in [1.82, 2.24) is 0 Å². The third-order valence-corrected chi connectivity index (χ3v) is 15.0. The average Bonchev–Trinajstić information content (AvgIpc) is 3.41. The molecule has 21 heterocycles. The Kier molecular flexibility index (Phi) is 20.7. The first-order valence-electron chi connectivity index (χ1n) is 24.8. The van der Waals surface area contributed by atoms with Crippen LogP contribution in [0.4, 0.5) is 0 Å². The molecule has 0 amide bonds. The zero-order chi connectivity index (χ0) is 55.2. The lowest BCUT2D eigenvalue weighted by molar-refractivity contribution is -0.394. The number of aliphatic hydroxyl groups excluding tert-OH is 19. The van der Waals surface area contributed by atoms with Crippen LogP contribution in [0.1, 0.15) is 13.3 Å². The van der Waals surface area contributed by atoms with Gasteiger partial charge in [-0.2, -0.15) is 0 Å². The van der Waals surface area contributed by atoms with Gasteiger partial charge in [-0.15, -0.1) is 0 Å². The smallest absolute Gasteiger partial charge is 0.187 e. The molecular weight excluding hydrogens is 1040 g/mol. The average molecular weight is 1120 g/mol. The van der Waals surface area contributed by atoms with Crippen LogP contribution in [-0.4, -0.2) is 346 Å². The molecule has 76 heavy (non-hydrogen) atoms. The van der Waals surface area contributed by atoms with Crippen molar-refractivity contribution in [3.63, 3.8) is 0 Å². The minimum absolute atomic E-state index is 0.480. The second-order valence-electron chi connectivity index (χ2n) is 19.9. The van der Waals surface area contributed by atoms with Gasteiger partial charge in [0.05, 0.1) is 58.5 Å². The minimum Gasteiger partial charge on any atom is -0.394 e. The summed E-state index contributed by atoms with van der Waals surface area (Å²) in [5.74, 6) is -1.18. The lowest BCUT2D eigenvalue weighted by Gasteiger charge is -2.50. The van der Waals surface area contributed by atoms with Crippen LogP contribution in [0.25, 0.3) is 0 Å². The van der Waals surface area contributed by atoms with E-state index in [9.17, 15) is 97.0 Å². The molecule has 21 saturated heterocycles. The highest BCUT2D eigenvalue weighted by molar-refractivity contribution is 5.00. The summed E-state index contributed by atoms with van der Waals surface area (Å²) in [6.07, 6.45) is -60.8. The molecule has 0 radical (unpaired) electrons.